The zero-order valence-corrected chi connectivity index (χ0v) is 25.6. The molecule has 0 aliphatic carbocycles. The molecule has 0 unspecified atom stereocenters. The third-order valence-corrected chi connectivity index (χ3v) is 12.3. The minimum absolute atomic E-state index is 0.0198. The number of nitrogens with zero attached hydrogens (tertiary/aromatic N) is 2. The van der Waals surface area contributed by atoms with Gasteiger partial charge >= 0.3 is 0 Å². The van der Waals surface area contributed by atoms with Crippen molar-refractivity contribution in [2.45, 2.75) is 13.3 Å². The lowest BCUT2D eigenvalue weighted by Gasteiger charge is -2.13. The van der Waals surface area contributed by atoms with Gasteiger partial charge in [-0.25, -0.2) is 39.9 Å². The van der Waals surface area contributed by atoms with Crippen LogP contribution in [0.1, 0.15) is 10.4 Å². The number of carbonyl (C=O) groups excluding carboxylic acids is 1. The molecule has 5 rings (SSSR count). The van der Waals surface area contributed by atoms with Crippen molar-refractivity contribution >= 4 is 81.7 Å². The molecule has 222 valence electrons. The number of benzene rings is 2. The largest absolute Gasteiger partial charge is 0.322 e. The Kier molecular flexibility index (Phi) is 8.47. The number of rotatable bonds is 11. The maximum Gasteiger partial charge on any atom is 0.271 e. The molecule has 0 radical (unpaired) electrons. The van der Waals surface area contributed by atoms with Gasteiger partial charge in [-0.3, -0.25) is 14.2 Å². The van der Waals surface area contributed by atoms with Gasteiger partial charge < -0.3 is 5.32 Å². The zero-order chi connectivity index (χ0) is 30.7. The maximum atomic E-state index is 13.2. The Morgan fingerprint density at radius 3 is 1.63 bits per heavy atom. The van der Waals surface area contributed by atoms with E-state index in [1.807, 2.05) is 0 Å². The highest BCUT2D eigenvalue weighted by Gasteiger charge is 2.21. The van der Waals surface area contributed by atoms with E-state index in [1.165, 1.54) is 73.1 Å². The number of anilines is 4. The number of carbonyl (C=O) groups is 1. The van der Waals surface area contributed by atoms with Gasteiger partial charge in [0.1, 0.15) is 8.42 Å². The molecule has 3 aromatic heterocycles. The summed E-state index contributed by atoms with van der Waals surface area (Å²) in [7, 11) is -12.1. The monoisotopic (exact) mass is 676 g/mol. The van der Waals surface area contributed by atoms with Gasteiger partial charge in [0.05, 0.1) is 16.3 Å². The predicted octanol–water partition coefficient (Wildman–Crippen LogP) is 4.25. The van der Waals surface area contributed by atoms with E-state index >= 15 is 0 Å². The summed E-state index contributed by atoms with van der Waals surface area (Å²) in [5.41, 5.74) is -0.0128. The molecule has 3 heterocycles. The summed E-state index contributed by atoms with van der Waals surface area (Å²) >= 11 is 1.97. The van der Waals surface area contributed by atoms with Crippen molar-refractivity contribution in [2.75, 3.05) is 19.5 Å². The Morgan fingerprint density at radius 1 is 0.605 bits per heavy atom. The molecular formula is C25H20N6O7S5. The molecule has 4 N–H and O–H groups in total. The topological polar surface area (TPSA) is 193 Å². The molecular weight excluding hydrogens is 657 g/mol. The van der Waals surface area contributed by atoms with E-state index in [4.69, 9.17) is 0 Å². The lowest BCUT2D eigenvalue weighted by atomic mass is 10.1. The van der Waals surface area contributed by atoms with Gasteiger partial charge in [0.2, 0.25) is 5.95 Å². The molecule has 0 aliphatic rings. The molecule has 0 atom stereocenters. The van der Waals surface area contributed by atoms with E-state index in [1.54, 1.807) is 22.9 Å². The minimum Gasteiger partial charge on any atom is -0.322 e. The van der Waals surface area contributed by atoms with Crippen LogP contribution in [0, 0.1) is 0 Å². The second-order valence-electron chi connectivity index (χ2n) is 8.53. The summed E-state index contributed by atoms with van der Waals surface area (Å²) in [6, 6.07) is 16.4. The quantitative estimate of drug-likeness (QED) is 0.158. The molecule has 18 heteroatoms. The molecule has 0 saturated heterocycles. The van der Waals surface area contributed by atoms with Crippen LogP contribution in [-0.4, -0.2) is 41.1 Å². The minimum atomic E-state index is -4.03. The van der Waals surface area contributed by atoms with Crippen LogP contribution in [0.25, 0.3) is 0 Å². The SMILES string of the molecule is O=C(Nc1ccc(S(=O)(=O)Nc2ncccn2)cc1)c1cc(NS(=O)(=O)c2cccs2)cc(NS(=O)(=O)c2cccs2)c1. The number of amides is 1. The average Bonchev–Trinajstić information content (AvgIpc) is 3.69. The van der Waals surface area contributed by atoms with Crippen molar-refractivity contribution in [3.05, 3.63) is 102 Å². The standard InChI is InChI=1S/C25H20N6O7S5/c32-24(28-18-6-8-21(9-7-18)41(33,34)31-25-26-10-3-11-27-25)17-14-19(29-42(35,36)22-4-1-12-39-22)16-20(15-17)30-43(37,38)23-5-2-13-40-23/h1-16,29-30H,(H,28,32)(H,26,27,31). The average molecular weight is 677 g/mol. The Balaban J connectivity index is 1.40. The maximum absolute atomic E-state index is 13.2. The van der Waals surface area contributed by atoms with E-state index in [0.29, 0.717) is 0 Å². The normalized spacial score (nSPS) is 11.9. The predicted molar refractivity (Wildman–Crippen MR) is 164 cm³/mol. The highest BCUT2D eigenvalue weighted by molar-refractivity contribution is 7.95. The first-order chi connectivity index (χ1) is 20.4. The van der Waals surface area contributed by atoms with Crippen LogP contribution in [0.2, 0.25) is 0 Å². The molecule has 13 nitrogen and oxygen atoms in total. The van der Waals surface area contributed by atoms with Crippen LogP contribution in [0.3, 0.4) is 0 Å². The second-order valence-corrected chi connectivity index (χ2v) is 15.9. The Labute approximate surface area is 254 Å². The van der Waals surface area contributed by atoms with Gasteiger partial charge in [-0.15, -0.1) is 22.7 Å². The second kappa shape index (κ2) is 12.1. The number of hydrogen-bond acceptors (Lipinski definition) is 11. The molecule has 43 heavy (non-hydrogen) atoms. The van der Waals surface area contributed by atoms with Gasteiger partial charge in [0.25, 0.3) is 36.0 Å². The van der Waals surface area contributed by atoms with E-state index < -0.39 is 36.0 Å². The first-order valence-corrected chi connectivity index (χ1v) is 18.1. The third-order valence-electron chi connectivity index (χ3n) is 5.43. The van der Waals surface area contributed by atoms with Crippen molar-refractivity contribution in [3.63, 3.8) is 0 Å². The van der Waals surface area contributed by atoms with Crippen molar-refractivity contribution in [3.8, 4) is 0 Å². The van der Waals surface area contributed by atoms with Crippen LogP contribution < -0.4 is 19.5 Å². The van der Waals surface area contributed by atoms with E-state index in [0.717, 1.165) is 22.7 Å². The van der Waals surface area contributed by atoms with E-state index in [9.17, 15) is 30.0 Å². The highest BCUT2D eigenvalue weighted by Crippen LogP contribution is 2.27. The first kappa shape index (κ1) is 30.1. The Hall–Kier alpha value is -4.36. The van der Waals surface area contributed by atoms with Gasteiger partial charge in [-0.05, 0) is 71.4 Å². The first-order valence-electron chi connectivity index (χ1n) is 11.9. The van der Waals surface area contributed by atoms with Crippen LogP contribution in [0.15, 0.2) is 109 Å². The van der Waals surface area contributed by atoms with Gasteiger partial charge in [0, 0.05) is 23.6 Å². The van der Waals surface area contributed by atoms with Gasteiger partial charge in [-0.2, -0.15) is 0 Å². The number of aromatic nitrogens is 2. The highest BCUT2D eigenvalue weighted by atomic mass is 32.3. The number of nitrogens with one attached hydrogen (secondary N) is 4. The molecule has 0 bridgehead atoms. The smallest absolute Gasteiger partial charge is 0.271 e. The van der Waals surface area contributed by atoms with Crippen molar-refractivity contribution in [1.29, 1.82) is 0 Å². The zero-order valence-electron chi connectivity index (χ0n) is 21.5. The lowest BCUT2D eigenvalue weighted by Crippen LogP contribution is -2.17. The van der Waals surface area contributed by atoms with E-state index in [2.05, 4.69) is 29.5 Å². The van der Waals surface area contributed by atoms with Crippen molar-refractivity contribution < 1.29 is 30.0 Å². The fourth-order valence-electron chi connectivity index (χ4n) is 3.57. The number of hydrogen-bond donors (Lipinski definition) is 4. The van der Waals surface area contributed by atoms with Crippen LogP contribution in [0.5, 0.6) is 0 Å². The van der Waals surface area contributed by atoms with E-state index in [-0.39, 0.29) is 41.9 Å². The van der Waals surface area contributed by atoms with Crippen LogP contribution in [-0.2, 0) is 30.1 Å². The lowest BCUT2D eigenvalue weighted by molar-refractivity contribution is 0.102. The molecule has 5 aromatic rings. The number of sulfonamides is 3. The summed E-state index contributed by atoms with van der Waals surface area (Å²) in [5.74, 6) is -0.833. The van der Waals surface area contributed by atoms with Crippen molar-refractivity contribution in [2.24, 2.45) is 0 Å². The molecule has 1 amide bonds. The molecule has 0 fully saturated rings. The van der Waals surface area contributed by atoms with Crippen LogP contribution >= 0.6 is 22.7 Å². The molecule has 2 aromatic carbocycles. The fraction of sp³-hybridized carbons (Fsp3) is 0. The molecule has 0 saturated carbocycles. The molecule has 0 aliphatic heterocycles. The fourth-order valence-corrected chi connectivity index (χ4v) is 8.60. The summed E-state index contributed by atoms with van der Waals surface area (Å²) < 4.78 is 83.7. The van der Waals surface area contributed by atoms with Gasteiger partial charge in [-0.1, -0.05) is 12.1 Å². The summed E-state index contributed by atoms with van der Waals surface area (Å²) in [4.78, 5) is 20.8. The van der Waals surface area contributed by atoms with Crippen molar-refractivity contribution in [1.82, 2.24) is 9.97 Å². The summed E-state index contributed by atoms with van der Waals surface area (Å²) in [5, 5.41) is 5.76. The summed E-state index contributed by atoms with van der Waals surface area (Å²) in [6.07, 6.45) is 2.76. The summed E-state index contributed by atoms with van der Waals surface area (Å²) in [6.45, 7) is 0. The van der Waals surface area contributed by atoms with Crippen LogP contribution in [0.4, 0.5) is 23.0 Å². The third kappa shape index (κ3) is 7.35. The Bertz CT molecular complexity index is 1980. The number of thiophene rings is 2. The van der Waals surface area contributed by atoms with Gasteiger partial charge in [0.15, 0.2) is 0 Å². The molecule has 0 spiro atoms. The Morgan fingerprint density at radius 2 is 1.14 bits per heavy atom.